The number of hydrogen-bond donors (Lipinski definition) is 2. The van der Waals surface area contributed by atoms with E-state index >= 15 is 0 Å². The van der Waals surface area contributed by atoms with Crippen molar-refractivity contribution < 1.29 is 13.2 Å². The van der Waals surface area contributed by atoms with Crippen molar-refractivity contribution in [2.75, 3.05) is 6.54 Å². The minimum Gasteiger partial charge on any atom is -0.330 e. The molecule has 7 heteroatoms. The Balaban J connectivity index is 0.00000196. The number of nitrogens with two attached hydrogens (primary N) is 1. The van der Waals surface area contributed by atoms with Gasteiger partial charge in [-0.3, -0.25) is 5.10 Å². The lowest BCUT2D eigenvalue weighted by atomic mass is 10.1. The Hall–Kier alpha value is -0.750. The van der Waals surface area contributed by atoms with E-state index in [4.69, 9.17) is 5.73 Å². The molecule has 0 unspecified atom stereocenters. The highest BCUT2D eigenvalue weighted by molar-refractivity contribution is 5.85. The van der Waals surface area contributed by atoms with E-state index in [1.807, 2.05) is 5.10 Å². The van der Waals surface area contributed by atoms with Gasteiger partial charge in [-0.25, -0.2) is 0 Å². The summed E-state index contributed by atoms with van der Waals surface area (Å²) in [5.74, 6) is 0. The van der Waals surface area contributed by atoms with Crippen molar-refractivity contribution in [1.82, 2.24) is 10.2 Å². The Kier molecular flexibility index (Phi) is 5.67. The number of aryl methyl sites for hydroxylation is 1. The summed E-state index contributed by atoms with van der Waals surface area (Å²) in [6.45, 7) is 0.499. The Morgan fingerprint density at radius 1 is 1.33 bits per heavy atom. The van der Waals surface area contributed by atoms with E-state index in [0.717, 1.165) is 6.42 Å². The number of rotatable bonds is 4. The zero-order valence-electron chi connectivity index (χ0n) is 7.97. The molecule has 1 rings (SSSR count). The molecule has 0 atom stereocenters. The van der Waals surface area contributed by atoms with E-state index in [1.165, 1.54) is 6.20 Å². The third-order valence-corrected chi connectivity index (χ3v) is 1.90. The van der Waals surface area contributed by atoms with Crippen LogP contribution >= 0.6 is 12.4 Å². The van der Waals surface area contributed by atoms with Crippen LogP contribution < -0.4 is 5.73 Å². The van der Waals surface area contributed by atoms with E-state index in [1.54, 1.807) is 0 Å². The molecule has 3 N–H and O–H groups in total. The van der Waals surface area contributed by atoms with Crippen LogP contribution in [-0.2, 0) is 12.6 Å². The van der Waals surface area contributed by atoms with Crippen LogP contribution in [0.5, 0.6) is 0 Å². The summed E-state index contributed by atoms with van der Waals surface area (Å²) in [6, 6.07) is 0. The van der Waals surface area contributed by atoms with Gasteiger partial charge >= 0.3 is 6.18 Å². The zero-order chi connectivity index (χ0) is 10.6. The number of unbranched alkanes of at least 4 members (excludes halogenated alkanes) is 1. The maximum absolute atomic E-state index is 12.3. The van der Waals surface area contributed by atoms with Crippen LogP contribution in [0.2, 0.25) is 0 Å². The van der Waals surface area contributed by atoms with Crippen LogP contribution in [0, 0.1) is 0 Å². The van der Waals surface area contributed by atoms with Gasteiger partial charge in [-0.1, -0.05) is 0 Å². The summed E-state index contributed by atoms with van der Waals surface area (Å²) in [6.07, 6.45) is -1.38. The van der Waals surface area contributed by atoms with E-state index in [0.29, 0.717) is 19.4 Å². The fraction of sp³-hybridized carbons (Fsp3) is 0.625. The fourth-order valence-corrected chi connectivity index (χ4v) is 1.21. The highest BCUT2D eigenvalue weighted by atomic mass is 35.5. The van der Waals surface area contributed by atoms with Gasteiger partial charge in [0.25, 0.3) is 0 Å². The minimum atomic E-state index is -4.34. The van der Waals surface area contributed by atoms with E-state index < -0.39 is 11.9 Å². The molecular weight excluding hydrogens is 231 g/mol. The molecule has 0 radical (unpaired) electrons. The van der Waals surface area contributed by atoms with E-state index in [9.17, 15) is 13.2 Å². The molecule has 0 fully saturated rings. The molecule has 0 aromatic carbocycles. The van der Waals surface area contributed by atoms with Gasteiger partial charge in [-0.05, 0) is 25.8 Å². The highest BCUT2D eigenvalue weighted by Gasteiger charge is 2.35. The summed E-state index contributed by atoms with van der Waals surface area (Å²) < 4.78 is 36.9. The standard InChI is InChI=1S/C8H12F3N3.ClH/c9-8(10,11)7-6(5-13-14-7)3-1-2-4-12;/h5H,1-4,12H2,(H,13,14);1H. The summed E-state index contributed by atoms with van der Waals surface area (Å²) in [4.78, 5) is 0. The molecule has 0 amide bonds. The molecule has 0 aliphatic rings. The van der Waals surface area contributed by atoms with Crippen molar-refractivity contribution in [1.29, 1.82) is 0 Å². The molecule has 0 aliphatic carbocycles. The molecule has 0 saturated carbocycles. The summed E-state index contributed by atoms with van der Waals surface area (Å²) >= 11 is 0. The summed E-state index contributed by atoms with van der Waals surface area (Å²) in [7, 11) is 0. The first-order chi connectivity index (χ1) is 6.55. The van der Waals surface area contributed by atoms with Crippen molar-refractivity contribution in [2.24, 2.45) is 5.73 Å². The lowest BCUT2D eigenvalue weighted by Gasteiger charge is -2.06. The molecule has 3 nitrogen and oxygen atoms in total. The number of aromatic nitrogens is 2. The monoisotopic (exact) mass is 243 g/mol. The second kappa shape index (κ2) is 5.97. The van der Waals surface area contributed by atoms with Gasteiger partial charge in [-0.2, -0.15) is 18.3 Å². The molecule has 0 bridgehead atoms. The number of halogens is 4. The van der Waals surface area contributed by atoms with Crippen LogP contribution in [-0.4, -0.2) is 16.7 Å². The van der Waals surface area contributed by atoms with Gasteiger partial charge in [0, 0.05) is 5.56 Å². The first-order valence-corrected chi connectivity index (χ1v) is 4.35. The number of nitrogens with zero attached hydrogens (tertiary/aromatic N) is 1. The first-order valence-electron chi connectivity index (χ1n) is 4.35. The molecule has 88 valence electrons. The van der Waals surface area contributed by atoms with Gasteiger partial charge in [-0.15, -0.1) is 12.4 Å². The number of nitrogens with one attached hydrogen (secondary N) is 1. The predicted molar refractivity (Wildman–Crippen MR) is 52.8 cm³/mol. The molecule has 0 spiro atoms. The Bertz CT molecular complexity index is 285. The molecule has 15 heavy (non-hydrogen) atoms. The maximum Gasteiger partial charge on any atom is 0.433 e. The second-order valence-electron chi connectivity index (χ2n) is 3.01. The van der Waals surface area contributed by atoms with Gasteiger partial charge in [0.1, 0.15) is 5.69 Å². The largest absolute Gasteiger partial charge is 0.433 e. The lowest BCUT2D eigenvalue weighted by Crippen LogP contribution is -2.09. The van der Waals surface area contributed by atoms with E-state index in [-0.39, 0.29) is 18.0 Å². The quantitative estimate of drug-likeness (QED) is 0.796. The topological polar surface area (TPSA) is 54.7 Å². The fourth-order valence-electron chi connectivity index (χ4n) is 1.21. The average molecular weight is 244 g/mol. The minimum absolute atomic E-state index is 0. The van der Waals surface area contributed by atoms with Crippen molar-refractivity contribution in [3.05, 3.63) is 17.5 Å². The third kappa shape index (κ3) is 4.09. The third-order valence-electron chi connectivity index (χ3n) is 1.90. The van der Waals surface area contributed by atoms with Crippen molar-refractivity contribution >= 4 is 12.4 Å². The molecular formula is C8H13ClF3N3. The van der Waals surface area contributed by atoms with E-state index in [2.05, 4.69) is 5.10 Å². The van der Waals surface area contributed by atoms with Crippen molar-refractivity contribution in [2.45, 2.75) is 25.4 Å². The molecule has 1 aromatic rings. The molecule has 0 aliphatic heterocycles. The first kappa shape index (κ1) is 14.2. The summed E-state index contributed by atoms with van der Waals surface area (Å²) in [5.41, 5.74) is 4.72. The van der Waals surface area contributed by atoms with Gasteiger partial charge < -0.3 is 5.73 Å². The van der Waals surface area contributed by atoms with Crippen molar-refractivity contribution in [3.63, 3.8) is 0 Å². The smallest absolute Gasteiger partial charge is 0.330 e. The Labute approximate surface area is 91.6 Å². The van der Waals surface area contributed by atoms with Crippen LogP contribution in [0.1, 0.15) is 24.1 Å². The average Bonchev–Trinajstić information content (AvgIpc) is 2.52. The number of H-pyrrole nitrogens is 1. The Morgan fingerprint density at radius 3 is 2.53 bits per heavy atom. The van der Waals surface area contributed by atoms with Crippen LogP contribution in [0.15, 0.2) is 6.20 Å². The predicted octanol–water partition coefficient (Wildman–Crippen LogP) is 2.13. The molecule has 1 heterocycles. The second-order valence-corrected chi connectivity index (χ2v) is 3.01. The van der Waals surface area contributed by atoms with Crippen LogP contribution in [0.3, 0.4) is 0 Å². The summed E-state index contributed by atoms with van der Waals surface area (Å²) in [5, 5.41) is 5.36. The maximum atomic E-state index is 12.3. The van der Waals surface area contributed by atoms with Gasteiger partial charge in [0.2, 0.25) is 0 Å². The molecule has 0 saturated heterocycles. The normalized spacial score (nSPS) is 11.2. The van der Waals surface area contributed by atoms with Crippen LogP contribution in [0.25, 0.3) is 0 Å². The van der Waals surface area contributed by atoms with Crippen molar-refractivity contribution in [3.8, 4) is 0 Å². The number of aromatic amines is 1. The SMILES string of the molecule is Cl.NCCCCc1cn[nH]c1C(F)(F)F. The molecule has 1 aromatic heterocycles. The lowest BCUT2D eigenvalue weighted by molar-refractivity contribution is -0.141. The highest BCUT2D eigenvalue weighted by Crippen LogP contribution is 2.30. The zero-order valence-corrected chi connectivity index (χ0v) is 8.79. The van der Waals surface area contributed by atoms with Gasteiger partial charge in [0.15, 0.2) is 0 Å². The Morgan fingerprint density at radius 2 is 2.00 bits per heavy atom. The number of alkyl halides is 3. The number of hydrogen-bond acceptors (Lipinski definition) is 2. The van der Waals surface area contributed by atoms with Gasteiger partial charge in [0.05, 0.1) is 6.20 Å². The van der Waals surface area contributed by atoms with Crippen LogP contribution in [0.4, 0.5) is 13.2 Å².